The molecule has 0 radical (unpaired) electrons. The van der Waals surface area contributed by atoms with Crippen LogP contribution < -0.4 is 18.9 Å². The fourth-order valence-corrected chi connectivity index (χ4v) is 4.71. The number of para-hydroxylation sites is 3. The summed E-state index contributed by atoms with van der Waals surface area (Å²) in [6, 6.07) is 24.1. The lowest BCUT2D eigenvalue weighted by Crippen LogP contribution is -1.96. The summed E-state index contributed by atoms with van der Waals surface area (Å²) in [6.07, 6.45) is 1.92. The summed E-state index contributed by atoms with van der Waals surface area (Å²) < 4.78 is 23.7. The van der Waals surface area contributed by atoms with E-state index >= 15 is 0 Å². The van der Waals surface area contributed by atoms with Crippen molar-refractivity contribution in [1.29, 1.82) is 0 Å². The fourth-order valence-electron chi connectivity index (χ4n) is 4.71. The van der Waals surface area contributed by atoms with E-state index in [1.54, 1.807) is 14.2 Å². The summed E-state index contributed by atoms with van der Waals surface area (Å²) in [4.78, 5) is 4.79. The lowest BCUT2D eigenvalue weighted by molar-refractivity contribution is 0.174. The van der Waals surface area contributed by atoms with Crippen molar-refractivity contribution in [1.82, 2.24) is 4.98 Å². The average molecular weight is 435 g/mol. The monoisotopic (exact) mass is 435 g/mol. The number of methoxy groups -OCH3 is 2. The van der Waals surface area contributed by atoms with Crippen LogP contribution in [0.5, 0.6) is 23.0 Å². The van der Waals surface area contributed by atoms with Gasteiger partial charge in [0.2, 0.25) is 6.79 Å². The summed E-state index contributed by atoms with van der Waals surface area (Å²) >= 11 is 0. The minimum atomic E-state index is 0.140. The highest BCUT2D eigenvalue weighted by Crippen LogP contribution is 2.56. The molecule has 1 aromatic heterocycles. The number of nitrogens with zero attached hydrogens (tertiary/aromatic N) is 1. The van der Waals surface area contributed by atoms with Crippen LogP contribution in [0.3, 0.4) is 0 Å². The standard InChI is InChI=1S/C28H21NO4/c1-30-22-13-7-4-10-18(22)25-20-15-29-21-12-6-3-9-17(21)24(20)26(28-27(25)32-16-33-28)19-11-5-8-14-23(19)31-2/h3-15H,16H2,1-2H3. The Bertz CT molecular complexity index is 1530. The van der Waals surface area contributed by atoms with Crippen molar-refractivity contribution in [3.8, 4) is 45.3 Å². The molecule has 4 aromatic carbocycles. The van der Waals surface area contributed by atoms with Crippen LogP contribution in [0.2, 0.25) is 0 Å². The summed E-state index contributed by atoms with van der Waals surface area (Å²) in [6.45, 7) is 0.140. The van der Waals surface area contributed by atoms with Gasteiger partial charge in [-0.25, -0.2) is 0 Å². The molecular formula is C28H21NO4. The Morgan fingerprint density at radius 2 is 1.24 bits per heavy atom. The third-order valence-corrected chi connectivity index (χ3v) is 6.11. The Balaban J connectivity index is 1.86. The van der Waals surface area contributed by atoms with E-state index in [0.717, 1.165) is 55.4 Å². The minimum Gasteiger partial charge on any atom is -0.496 e. The van der Waals surface area contributed by atoms with Crippen LogP contribution in [-0.4, -0.2) is 26.0 Å². The van der Waals surface area contributed by atoms with Crippen LogP contribution in [0.1, 0.15) is 0 Å². The minimum absolute atomic E-state index is 0.140. The molecule has 0 spiro atoms. The molecule has 0 bridgehead atoms. The summed E-state index contributed by atoms with van der Waals surface area (Å²) in [5.41, 5.74) is 4.62. The maximum Gasteiger partial charge on any atom is 0.231 e. The van der Waals surface area contributed by atoms with Crippen LogP contribution in [-0.2, 0) is 0 Å². The molecule has 0 aliphatic carbocycles. The zero-order valence-corrected chi connectivity index (χ0v) is 18.3. The number of fused-ring (bicyclic) bond motifs is 4. The van der Waals surface area contributed by atoms with Crippen molar-refractivity contribution >= 4 is 21.7 Å². The first-order valence-electron chi connectivity index (χ1n) is 10.7. The second-order valence-corrected chi connectivity index (χ2v) is 7.78. The van der Waals surface area contributed by atoms with E-state index < -0.39 is 0 Å². The van der Waals surface area contributed by atoms with Gasteiger partial charge in [-0.3, -0.25) is 4.98 Å². The predicted octanol–water partition coefficient (Wildman–Crippen LogP) is 6.47. The molecule has 0 fully saturated rings. The Kier molecular flexibility index (Phi) is 4.54. The molecule has 0 unspecified atom stereocenters. The lowest BCUT2D eigenvalue weighted by Gasteiger charge is -2.19. The van der Waals surface area contributed by atoms with E-state index in [4.69, 9.17) is 23.9 Å². The number of ether oxygens (including phenoxy) is 4. The van der Waals surface area contributed by atoms with E-state index in [1.807, 2.05) is 72.9 Å². The van der Waals surface area contributed by atoms with E-state index in [2.05, 4.69) is 6.07 Å². The van der Waals surface area contributed by atoms with Crippen molar-refractivity contribution in [3.05, 3.63) is 79.0 Å². The molecule has 0 saturated heterocycles. The third kappa shape index (κ3) is 2.89. The van der Waals surface area contributed by atoms with Gasteiger partial charge in [0.15, 0.2) is 11.5 Å². The average Bonchev–Trinajstić information content (AvgIpc) is 3.36. The molecule has 5 aromatic rings. The number of aromatic nitrogens is 1. The molecular weight excluding hydrogens is 414 g/mol. The third-order valence-electron chi connectivity index (χ3n) is 6.11. The van der Waals surface area contributed by atoms with Crippen molar-refractivity contribution in [2.24, 2.45) is 0 Å². The normalized spacial score (nSPS) is 12.3. The molecule has 0 N–H and O–H groups in total. The van der Waals surface area contributed by atoms with Gasteiger partial charge in [-0.05, 0) is 18.2 Å². The van der Waals surface area contributed by atoms with Gasteiger partial charge in [0.05, 0.1) is 19.7 Å². The molecule has 2 heterocycles. The van der Waals surface area contributed by atoms with Gasteiger partial charge in [-0.1, -0.05) is 54.6 Å². The lowest BCUT2D eigenvalue weighted by atomic mass is 9.88. The van der Waals surface area contributed by atoms with Gasteiger partial charge in [-0.2, -0.15) is 0 Å². The van der Waals surface area contributed by atoms with Gasteiger partial charge >= 0.3 is 0 Å². The summed E-state index contributed by atoms with van der Waals surface area (Å²) in [7, 11) is 3.36. The molecule has 5 nitrogen and oxygen atoms in total. The fraction of sp³-hybridized carbons (Fsp3) is 0.107. The molecule has 0 atom stereocenters. The van der Waals surface area contributed by atoms with E-state index in [1.165, 1.54) is 0 Å². The first-order chi connectivity index (χ1) is 16.3. The van der Waals surface area contributed by atoms with E-state index in [9.17, 15) is 0 Å². The van der Waals surface area contributed by atoms with Gasteiger partial charge in [0.1, 0.15) is 11.5 Å². The van der Waals surface area contributed by atoms with Crippen LogP contribution in [0.4, 0.5) is 0 Å². The predicted molar refractivity (Wildman–Crippen MR) is 129 cm³/mol. The molecule has 162 valence electrons. The maximum atomic E-state index is 6.14. The molecule has 5 heteroatoms. The number of benzene rings is 4. The van der Waals surface area contributed by atoms with Gasteiger partial charge < -0.3 is 18.9 Å². The summed E-state index contributed by atoms with van der Waals surface area (Å²) in [5, 5.41) is 3.03. The number of rotatable bonds is 4. The first kappa shape index (κ1) is 19.4. The van der Waals surface area contributed by atoms with E-state index in [0.29, 0.717) is 11.5 Å². The first-order valence-corrected chi connectivity index (χ1v) is 10.7. The smallest absolute Gasteiger partial charge is 0.231 e. The van der Waals surface area contributed by atoms with E-state index in [-0.39, 0.29) is 6.79 Å². The van der Waals surface area contributed by atoms with Crippen LogP contribution in [0.25, 0.3) is 43.9 Å². The highest BCUT2D eigenvalue weighted by Gasteiger charge is 2.31. The Morgan fingerprint density at radius 1 is 0.667 bits per heavy atom. The van der Waals surface area contributed by atoms with Crippen molar-refractivity contribution in [2.75, 3.05) is 21.0 Å². The highest BCUT2D eigenvalue weighted by atomic mass is 16.7. The van der Waals surface area contributed by atoms with Crippen molar-refractivity contribution in [3.63, 3.8) is 0 Å². The molecule has 6 rings (SSSR count). The number of hydrogen-bond donors (Lipinski definition) is 0. The number of pyridine rings is 1. The Hall–Kier alpha value is -4.25. The van der Waals surface area contributed by atoms with Crippen LogP contribution in [0, 0.1) is 0 Å². The number of hydrogen-bond acceptors (Lipinski definition) is 5. The van der Waals surface area contributed by atoms with Gasteiger partial charge in [-0.15, -0.1) is 0 Å². The molecule has 1 aliphatic rings. The zero-order chi connectivity index (χ0) is 22.4. The van der Waals surface area contributed by atoms with Crippen molar-refractivity contribution in [2.45, 2.75) is 0 Å². The largest absolute Gasteiger partial charge is 0.496 e. The molecule has 0 saturated carbocycles. The SMILES string of the molecule is COc1ccccc1-c1c2c(c(-c3ccccc3OC)c3c1cnc1ccccc13)OCO2. The van der Waals surface area contributed by atoms with Crippen LogP contribution in [0.15, 0.2) is 79.0 Å². The molecule has 1 aliphatic heterocycles. The Morgan fingerprint density at radius 3 is 1.94 bits per heavy atom. The topological polar surface area (TPSA) is 49.8 Å². The van der Waals surface area contributed by atoms with Gasteiger partial charge in [0.25, 0.3) is 0 Å². The zero-order valence-electron chi connectivity index (χ0n) is 18.3. The van der Waals surface area contributed by atoms with Gasteiger partial charge in [0, 0.05) is 44.6 Å². The maximum absolute atomic E-state index is 6.14. The van der Waals surface area contributed by atoms with Crippen LogP contribution >= 0.6 is 0 Å². The molecule has 0 amide bonds. The second-order valence-electron chi connectivity index (χ2n) is 7.78. The highest BCUT2D eigenvalue weighted by molar-refractivity contribution is 6.21. The Labute approximate surface area is 191 Å². The van der Waals surface area contributed by atoms with Crippen molar-refractivity contribution < 1.29 is 18.9 Å². The second kappa shape index (κ2) is 7.71. The quantitative estimate of drug-likeness (QED) is 0.303. The summed E-state index contributed by atoms with van der Waals surface area (Å²) in [5.74, 6) is 2.91. The molecule has 33 heavy (non-hydrogen) atoms.